The van der Waals surface area contributed by atoms with Crippen LogP contribution in [-0.4, -0.2) is 46.6 Å². The van der Waals surface area contributed by atoms with E-state index in [4.69, 9.17) is 27.9 Å². The van der Waals surface area contributed by atoms with Crippen LogP contribution in [0.5, 0.6) is 0 Å². The number of rotatable bonds is 3. The van der Waals surface area contributed by atoms with Crippen molar-refractivity contribution in [3.63, 3.8) is 0 Å². The molecule has 2 atom stereocenters. The molecule has 220 valence electrons. The summed E-state index contributed by atoms with van der Waals surface area (Å²) in [5.41, 5.74) is 1.08. The summed E-state index contributed by atoms with van der Waals surface area (Å²) in [4.78, 5) is 46.8. The summed E-state index contributed by atoms with van der Waals surface area (Å²) >= 11 is 12.4. The van der Waals surface area contributed by atoms with Gasteiger partial charge in [0.1, 0.15) is 28.6 Å². The first-order valence-electron chi connectivity index (χ1n) is 13.0. The molecule has 2 aliphatic rings. The van der Waals surface area contributed by atoms with Crippen LogP contribution in [0.1, 0.15) is 49.2 Å². The fourth-order valence-electron chi connectivity index (χ4n) is 4.88. The second-order valence-corrected chi connectivity index (χ2v) is 10.4. The Hall–Kier alpha value is -4.16. The normalized spacial score (nSPS) is 19.8. The lowest BCUT2D eigenvalue weighted by atomic mass is 10.0. The van der Waals surface area contributed by atoms with Crippen molar-refractivity contribution in [3.8, 4) is 11.3 Å². The molecule has 5 rings (SSSR count). The number of aromatic amines is 1. The lowest BCUT2D eigenvalue weighted by molar-refractivity contribution is -0.116. The van der Waals surface area contributed by atoms with Crippen LogP contribution in [0.2, 0.25) is 10.2 Å². The molecular weight excluding hydrogens is 595 g/mol. The number of imidazole rings is 1. The summed E-state index contributed by atoms with van der Waals surface area (Å²) in [6.45, 7) is 0.0975. The predicted molar refractivity (Wildman–Crippen MR) is 151 cm³/mol. The largest absolute Gasteiger partial charge is 0.453 e. The molecule has 3 amide bonds. The lowest BCUT2D eigenvalue weighted by Gasteiger charge is -2.36. The molecular formula is C28H25Cl2F2N5O5. The van der Waals surface area contributed by atoms with Crippen molar-refractivity contribution >= 4 is 52.7 Å². The molecule has 3 N–H and O–H groups in total. The SMILES string of the molecule is COC(=O)Nc1ccc2c(c1)NC(=O)CC/C=C/C[C@H](N1CC[C@H](c3c(F)ccc(Cl)c3F)OC1=O)c1nc-2c(Cl)[nH]1. The molecule has 3 heterocycles. The van der Waals surface area contributed by atoms with E-state index in [1.54, 1.807) is 24.3 Å². The molecule has 1 aromatic heterocycles. The summed E-state index contributed by atoms with van der Waals surface area (Å²) in [5.74, 6) is -1.77. The van der Waals surface area contributed by atoms with Crippen LogP contribution in [0.4, 0.5) is 29.7 Å². The van der Waals surface area contributed by atoms with Crippen LogP contribution in [0.25, 0.3) is 11.3 Å². The molecule has 2 aromatic carbocycles. The van der Waals surface area contributed by atoms with Gasteiger partial charge in [0.05, 0.1) is 29.4 Å². The third-order valence-corrected chi connectivity index (χ3v) is 7.49. The number of benzene rings is 2. The summed E-state index contributed by atoms with van der Waals surface area (Å²) in [5, 5.41) is 5.26. The van der Waals surface area contributed by atoms with Crippen molar-refractivity contribution in [1.82, 2.24) is 14.9 Å². The van der Waals surface area contributed by atoms with Crippen LogP contribution in [-0.2, 0) is 14.3 Å². The van der Waals surface area contributed by atoms with Gasteiger partial charge in [-0.25, -0.2) is 23.4 Å². The standard InChI is InChI=1S/C28H25Cl2F2N5O5/c1-41-27(39)33-14-7-8-15-18(13-14)34-21(38)6-4-2-3-5-19(26-35-24(15)25(30)36-26)37-12-11-20(42-28(37)40)22-17(31)10-9-16(29)23(22)32/h2-3,7-10,13,19-20H,4-6,11-12H2,1H3,(H,33,39)(H,34,38)(H,35,36)/b3-2+/t19-,20+/m0/s1. The summed E-state index contributed by atoms with van der Waals surface area (Å²) < 4.78 is 39.3. The highest BCUT2D eigenvalue weighted by Gasteiger charge is 2.37. The number of fused-ring (bicyclic) bond motifs is 4. The van der Waals surface area contributed by atoms with Crippen LogP contribution in [0.3, 0.4) is 0 Å². The van der Waals surface area contributed by atoms with Gasteiger partial charge in [-0.1, -0.05) is 35.4 Å². The number of halogens is 4. The monoisotopic (exact) mass is 619 g/mol. The van der Waals surface area contributed by atoms with Crippen molar-refractivity contribution in [3.05, 3.63) is 75.7 Å². The number of amides is 3. The van der Waals surface area contributed by atoms with E-state index in [1.165, 1.54) is 12.0 Å². The number of nitrogens with zero attached hydrogens (tertiary/aromatic N) is 2. The lowest BCUT2D eigenvalue weighted by Crippen LogP contribution is -2.42. The predicted octanol–water partition coefficient (Wildman–Crippen LogP) is 7.14. The Labute approximate surface area is 249 Å². The minimum atomic E-state index is -1.16. The zero-order chi connectivity index (χ0) is 30.0. The first-order chi connectivity index (χ1) is 20.2. The second kappa shape index (κ2) is 12.4. The third kappa shape index (κ3) is 6.04. The Balaban J connectivity index is 1.48. The molecule has 14 heteroatoms. The number of aromatic nitrogens is 2. The molecule has 0 radical (unpaired) electrons. The molecule has 2 aliphatic heterocycles. The number of carbonyl (C=O) groups excluding carboxylic acids is 3. The van der Waals surface area contributed by atoms with Crippen molar-refractivity contribution < 1.29 is 32.6 Å². The number of ether oxygens (including phenoxy) is 2. The van der Waals surface area contributed by atoms with E-state index in [9.17, 15) is 23.2 Å². The Morgan fingerprint density at radius 1 is 1.19 bits per heavy atom. The maximum Gasteiger partial charge on any atom is 0.411 e. The third-order valence-electron chi connectivity index (χ3n) is 6.93. The first kappa shape index (κ1) is 29.3. The fourth-order valence-corrected chi connectivity index (χ4v) is 5.29. The van der Waals surface area contributed by atoms with Gasteiger partial charge >= 0.3 is 12.2 Å². The van der Waals surface area contributed by atoms with Gasteiger partial charge in [-0.05, 0) is 43.2 Å². The first-order valence-corrected chi connectivity index (χ1v) is 13.7. The Morgan fingerprint density at radius 2 is 2.00 bits per heavy atom. The molecule has 0 unspecified atom stereocenters. The number of anilines is 2. The highest BCUT2D eigenvalue weighted by molar-refractivity contribution is 6.32. The molecule has 0 saturated carbocycles. The van der Waals surface area contributed by atoms with E-state index < -0.39 is 41.5 Å². The van der Waals surface area contributed by atoms with E-state index in [2.05, 4.69) is 25.3 Å². The van der Waals surface area contributed by atoms with Gasteiger partial charge in [0, 0.05) is 30.6 Å². The van der Waals surface area contributed by atoms with Gasteiger partial charge in [0.2, 0.25) is 5.91 Å². The van der Waals surface area contributed by atoms with Gasteiger partial charge in [0.15, 0.2) is 5.82 Å². The van der Waals surface area contributed by atoms with E-state index in [0.29, 0.717) is 41.3 Å². The summed E-state index contributed by atoms with van der Waals surface area (Å²) in [7, 11) is 1.23. The van der Waals surface area contributed by atoms with Crippen molar-refractivity contribution in [2.24, 2.45) is 0 Å². The smallest absolute Gasteiger partial charge is 0.411 e. The maximum absolute atomic E-state index is 14.6. The van der Waals surface area contributed by atoms with E-state index in [-0.39, 0.29) is 35.5 Å². The second-order valence-electron chi connectivity index (χ2n) is 9.58. The molecule has 2 bridgehead atoms. The molecule has 1 fully saturated rings. The number of allylic oxidation sites excluding steroid dienone is 1. The fraction of sp³-hybridized carbons (Fsp3) is 0.286. The highest BCUT2D eigenvalue weighted by Crippen LogP contribution is 2.39. The molecule has 10 nitrogen and oxygen atoms in total. The van der Waals surface area contributed by atoms with E-state index in [1.807, 2.05) is 6.08 Å². The zero-order valence-corrected chi connectivity index (χ0v) is 23.7. The van der Waals surface area contributed by atoms with Crippen LogP contribution in [0, 0.1) is 11.6 Å². The summed E-state index contributed by atoms with van der Waals surface area (Å²) in [6, 6.07) is 6.23. The minimum Gasteiger partial charge on any atom is -0.453 e. The average Bonchev–Trinajstić information content (AvgIpc) is 3.34. The maximum atomic E-state index is 14.6. The number of nitrogens with one attached hydrogen (secondary N) is 3. The van der Waals surface area contributed by atoms with Crippen LogP contribution in [0.15, 0.2) is 42.5 Å². The Bertz CT molecular complexity index is 1580. The van der Waals surface area contributed by atoms with Gasteiger partial charge in [-0.15, -0.1) is 0 Å². The molecule has 0 spiro atoms. The Morgan fingerprint density at radius 3 is 2.76 bits per heavy atom. The van der Waals surface area contributed by atoms with Crippen molar-refractivity contribution in [2.45, 2.75) is 37.8 Å². The summed E-state index contributed by atoms with van der Waals surface area (Å²) in [6.07, 6.45) is 1.94. The van der Waals surface area contributed by atoms with E-state index in [0.717, 1.165) is 12.1 Å². The molecule has 3 aromatic rings. The van der Waals surface area contributed by atoms with Crippen LogP contribution >= 0.6 is 23.2 Å². The average molecular weight is 620 g/mol. The molecule has 42 heavy (non-hydrogen) atoms. The van der Waals surface area contributed by atoms with Gasteiger partial charge in [-0.2, -0.15) is 0 Å². The minimum absolute atomic E-state index is 0.0959. The van der Waals surface area contributed by atoms with Crippen LogP contribution < -0.4 is 10.6 Å². The number of hydrogen-bond donors (Lipinski definition) is 3. The number of H-pyrrole nitrogens is 1. The van der Waals surface area contributed by atoms with E-state index >= 15 is 0 Å². The van der Waals surface area contributed by atoms with Gasteiger partial charge in [-0.3, -0.25) is 15.0 Å². The van der Waals surface area contributed by atoms with Crippen molar-refractivity contribution in [1.29, 1.82) is 0 Å². The highest BCUT2D eigenvalue weighted by atomic mass is 35.5. The van der Waals surface area contributed by atoms with Crippen molar-refractivity contribution in [2.75, 3.05) is 24.3 Å². The number of cyclic esters (lactones) is 1. The Kier molecular flexibility index (Phi) is 8.64. The van der Waals surface area contributed by atoms with Gasteiger partial charge in [0.25, 0.3) is 0 Å². The molecule has 1 saturated heterocycles. The van der Waals surface area contributed by atoms with Gasteiger partial charge < -0.3 is 19.8 Å². The number of carbonyl (C=O) groups is 3. The molecule has 0 aliphatic carbocycles. The topological polar surface area (TPSA) is 126 Å². The number of hydrogen-bond acceptors (Lipinski definition) is 6. The number of methoxy groups -OCH3 is 1. The zero-order valence-electron chi connectivity index (χ0n) is 22.2. The quantitative estimate of drug-likeness (QED) is 0.211.